The Morgan fingerprint density at radius 3 is 2.50 bits per heavy atom. The van der Waals surface area contributed by atoms with Gasteiger partial charge in [0.2, 0.25) is 10.0 Å². The van der Waals surface area contributed by atoms with Crippen LogP contribution < -0.4 is 4.72 Å². The molecule has 1 aliphatic rings. The average molecular weight is 251 g/mol. The maximum Gasteiger partial charge on any atom is 0.306 e. The van der Waals surface area contributed by atoms with Crippen LogP contribution in [0.1, 0.15) is 26.2 Å². The fraction of sp³-hybridized carbons (Fsp3) is 0.889. The van der Waals surface area contributed by atoms with Gasteiger partial charge in [-0.2, -0.15) is 0 Å². The number of nitrogens with one attached hydrogen (secondary N) is 1. The quantitative estimate of drug-likeness (QED) is 0.592. The molecule has 3 N–H and O–H groups in total. The number of sulfonamides is 1. The predicted octanol–water partition coefficient (Wildman–Crippen LogP) is -0.460. The molecule has 0 saturated heterocycles. The number of carboxylic acids is 1. The molecule has 0 bridgehead atoms. The first-order chi connectivity index (χ1) is 7.33. The van der Waals surface area contributed by atoms with E-state index >= 15 is 0 Å². The highest BCUT2D eigenvalue weighted by molar-refractivity contribution is 7.90. The van der Waals surface area contributed by atoms with E-state index in [1.807, 2.05) is 6.92 Å². The number of hydrogen-bond donors (Lipinski definition) is 3. The topological polar surface area (TPSA) is 104 Å². The van der Waals surface area contributed by atoms with E-state index in [9.17, 15) is 18.3 Å². The Labute approximate surface area is 94.7 Å². The smallest absolute Gasteiger partial charge is 0.306 e. The van der Waals surface area contributed by atoms with Gasteiger partial charge in [0.05, 0.1) is 17.8 Å². The summed E-state index contributed by atoms with van der Waals surface area (Å²) in [6, 6.07) is 0. The molecule has 7 heteroatoms. The summed E-state index contributed by atoms with van der Waals surface area (Å²) in [4.78, 5) is 10.3. The zero-order chi connectivity index (χ0) is 12.3. The van der Waals surface area contributed by atoms with E-state index in [1.54, 1.807) is 0 Å². The lowest BCUT2D eigenvalue weighted by Crippen LogP contribution is -2.46. The van der Waals surface area contributed by atoms with Crippen molar-refractivity contribution in [2.75, 3.05) is 6.54 Å². The molecule has 94 valence electrons. The van der Waals surface area contributed by atoms with E-state index in [0.717, 1.165) is 6.42 Å². The van der Waals surface area contributed by atoms with Gasteiger partial charge in [0.1, 0.15) is 0 Å². The van der Waals surface area contributed by atoms with Gasteiger partial charge in [0.25, 0.3) is 0 Å². The molecule has 1 rings (SSSR count). The maximum atomic E-state index is 11.6. The van der Waals surface area contributed by atoms with Crippen LogP contribution in [-0.4, -0.2) is 42.5 Å². The normalized spacial score (nSPS) is 27.1. The predicted molar refractivity (Wildman–Crippen MR) is 57.4 cm³/mol. The summed E-state index contributed by atoms with van der Waals surface area (Å²) < 4.78 is 25.5. The Bertz CT molecular complexity index is 353. The van der Waals surface area contributed by atoms with Crippen LogP contribution in [-0.2, 0) is 14.8 Å². The Balaban J connectivity index is 2.39. The van der Waals surface area contributed by atoms with Crippen molar-refractivity contribution in [1.29, 1.82) is 0 Å². The molecule has 0 spiro atoms. The fourth-order valence-corrected chi connectivity index (χ4v) is 3.52. The highest BCUT2D eigenvalue weighted by Gasteiger charge is 2.37. The van der Waals surface area contributed by atoms with Gasteiger partial charge >= 0.3 is 5.97 Å². The van der Waals surface area contributed by atoms with Crippen molar-refractivity contribution in [3.63, 3.8) is 0 Å². The zero-order valence-corrected chi connectivity index (χ0v) is 9.90. The van der Waals surface area contributed by atoms with E-state index in [0.29, 0.717) is 6.42 Å². The van der Waals surface area contributed by atoms with Gasteiger partial charge in [-0.25, -0.2) is 13.1 Å². The molecule has 3 unspecified atom stereocenters. The number of aliphatic hydroxyl groups is 1. The first kappa shape index (κ1) is 13.4. The van der Waals surface area contributed by atoms with Crippen LogP contribution in [0.5, 0.6) is 0 Å². The van der Waals surface area contributed by atoms with Gasteiger partial charge in [0, 0.05) is 6.54 Å². The first-order valence-electron chi connectivity index (χ1n) is 5.21. The van der Waals surface area contributed by atoms with Crippen LogP contribution in [0, 0.1) is 5.92 Å². The van der Waals surface area contributed by atoms with Crippen molar-refractivity contribution in [2.45, 2.75) is 37.5 Å². The number of carboxylic acid groups (broad SMARTS) is 1. The second-order valence-electron chi connectivity index (χ2n) is 4.24. The van der Waals surface area contributed by atoms with Crippen molar-refractivity contribution in [1.82, 2.24) is 4.72 Å². The first-order valence-corrected chi connectivity index (χ1v) is 6.76. The summed E-state index contributed by atoms with van der Waals surface area (Å²) in [5.41, 5.74) is 0. The van der Waals surface area contributed by atoms with E-state index < -0.39 is 33.8 Å². The third-order valence-corrected chi connectivity index (χ3v) is 4.94. The summed E-state index contributed by atoms with van der Waals surface area (Å²) >= 11 is 0. The number of rotatable bonds is 6. The van der Waals surface area contributed by atoms with Gasteiger partial charge in [-0.15, -0.1) is 0 Å². The van der Waals surface area contributed by atoms with E-state index in [4.69, 9.17) is 5.11 Å². The maximum absolute atomic E-state index is 11.6. The van der Waals surface area contributed by atoms with Gasteiger partial charge in [-0.1, -0.05) is 6.92 Å². The molecule has 0 amide bonds. The highest BCUT2D eigenvalue weighted by atomic mass is 32.2. The molecule has 6 nitrogen and oxygen atoms in total. The second-order valence-corrected chi connectivity index (χ2v) is 6.22. The number of carbonyl (C=O) groups is 1. The van der Waals surface area contributed by atoms with E-state index in [2.05, 4.69) is 4.72 Å². The number of aliphatic hydroxyl groups excluding tert-OH is 1. The molecule has 1 saturated carbocycles. The largest absolute Gasteiger partial charge is 0.481 e. The van der Waals surface area contributed by atoms with Crippen LogP contribution in [0.25, 0.3) is 0 Å². The molecule has 3 atom stereocenters. The second kappa shape index (κ2) is 5.11. The standard InChI is InChI=1S/C9H17NO5S/c1-6-2-3-8(6)16(14,15)10-5-7(11)4-9(12)13/h6-8,10-11H,2-5H2,1H3,(H,12,13). The van der Waals surface area contributed by atoms with E-state index in [1.165, 1.54) is 0 Å². The van der Waals surface area contributed by atoms with Crippen LogP contribution >= 0.6 is 0 Å². The molecule has 0 aromatic carbocycles. The summed E-state index contributed by atoms with van der Waals surface area (Å²) in [5.74, 6) is -1.02. The third kappa shape index (κ3) is 3.43. The lowest BCUT2D eigenvalue weighted by Gasteiger charge is -2.33. The molecular formula is C9H17NO5S. The molecular weight excluding hydrogens is 234 g/mol. The molecule has 0 aromatic rings. The Morgan fingerprint density at radius 2 is 2.12 bits per heavy atom. The van der Waals surface area contributed by atoms with Gasteiger partial charge < -0.3 is 10.2 Å². The molecule has 0 heterocycles. The average Bonchev–Trinajstić information content (AvgIpc) is 2.11. The van der Waals surface area contributed by atoms with Gasteiger partial charge in [0.15, 0.2) is 0 Å². The summed E-state index contributed by atoms with van der Waals surface area (Å²) in [6.45, 7) is 1.62. The van der Waals surface area contributed by atoms with Crippen molar-refractivity contribution >= 4 is 16.0 Å². The van der Waals surface area contributed by atoms with E-state index in [-0.39, 0.29) is 12.5 Å². The zero-order valence-electron chi connectivity index (χ0n) is 9.09. The minimum absolute atomic E-state index is 0.133. The summed E-state index contributed by atoms with van der Waals surface area (Å²) in [7, 11) is -3.41. The van der Waals surface area contributed by atoms with Crippen LogP contribution in [0.4, 0.5) is 0 Å². The van der Waals surface area contributed by atoms with Crippen LogP contribution in [0.15, 0.2) is 0 Å². The summed E-state index contributed by atoms with van der Waals surface area (Å²) in [6.07, 6.45) is -0.111. The molecule has 1 fully saturated rings. The molecule has 0 aliphatic heterocycles. The fourth-order valence-electron chi connectivity index (χ4n) is 1.69. The van der Waals surface area contributed by atoms with Gasteiger partial charge in [-0.05, 0) is 18.8 Å². The molecule has 0 radical (unpaired) electrons. The van der Waals surface area contributed by atoms with Crippen molar-refractivity contribution in [2.24, 2.45) is 5.92 Å². The number of aliphatic carboxylic acids is 1. The molecule has 0 aromatic heterocycles. The number of hydrogen-bond acceptors (Lipinski definition) is 4. The van der Waals surface area contributed by atoms with Crippen molar-refractivity contribution in [3.8, 4) is 0 Å². The summed E-state index contributed by atoms with van der Waals surface area (Å²) in [5, 5.41) is 17.2. The SMILES string of the molecule is CC1CCC1S(=O)(=O)NCC(O)CC(=O)O. The van der Waals surface area contributed by atoms with Crippen LogP contribution in [0.2, 0.25) is 0 Å². The van der Waals surface area contributed by atoms with Crippen molar-refractivity contribution < 1.29 is 23.4 Å². The Kier molecular flexibility index (Phi) is 4.28. The molecule has 1 aliphatic carbocycles. The lowest BCUT2D eigenvalue weighted by molar-refractivity contribution is -0.139. The minimum Gasteiger partial charge on any atom is -0.481 e. The molecule has 16 heavy (non-hydrogen) atoms. The minimum atomic E-state index is -3.41. The van der Waals surface area contributed by atoms with Gasteiger partial charge in [-0.3, -0.25) is 4.79 Å². The van der Waals surface area contributed by atoms with Crippen LogP contribution in [0.3, 0.4) is 0 Å². The Hall–Kier alpha value is -0.660. The van der Waals surface area contributed by atoms with Crippen molar-refractivity contribution in [3.05, 3.63) is 0 Å². The highest BCUT2D eigenvalue weighted by Crippen LogP contribution is 2.32. The monoisotopic (exact) mass is 251 g/mol. The third-order valence-electron chi connectivity index (χ3n) is 2.87. The lowest BCUT2D eigenvalue weighted by atomic mass is 9.87. The Morgan fingerprint density at radius 1 is 1.50 bits per heavy atom.